The molecule has 6 nitrogen and oxygen atoms in total. The molecule has 144 valence electrons. The molecule has 1 aromatic heterocycles. The van der Waals surface area contributed by atoms with Crippen LogP contribution in [0.5, 0.6) is 5.75 Å². The van der Waals surface area contributed by atoms with E-state index in [0.29, 0.717) is 23.0 Å². The molecule has 2 amide bonds. The number of nitrogens with one attached hydrogen (secondary N) is 2. The maximum Gasteiger partial charge on any atom is 0.261 e. The number of benzene rings is 1. The van der Waals surface area contributed by atoms with Crippen LogP contribution < -0.4 is 20.3 Å². The van der Waals surface area contributed by atoms with E-state index in [9.17, 15) is 9.59 Å². The molecule has 0 aliphatic carbocycles. The number of thiophene rings is 1. The largest absolute Gasteiger partial charge is 0.495 e. The van der Waals surface area contributed by atoms with Gasteiger partial charge in [0, 0.05) is 36.0 Å². The third kappa shape index (κ3) is 4.93. The van der Waals surface area contributed by atoms with Crippen LogP contribution in [0.15, 0.2) is 30.3 Å². The highest BCUT2D eigenvalue weighted by atomic mass is 35.5. The third-order valence-electron chi connectivity index (χ3n) is 4.40. The maximum atomic E-state index is 12.5. The first-order chi connectivity index (χ1) is 13.0. The number of methoxy groups -OCH3 is 1. The van der Waals surface area contributed by atoms with Gasteiger partial charge in [0.05, 0.1) is 24.2 Å². The van der Waals surface area contributed by atoms with Crippen molar-refractivity contribution in [3.63, 3.8) is 0 Å². The van der Waals surface area contributed by atoms with Crippen LogP contribution in [0.4, 0.5) is 5.69 Å². The highest BCUT2D eigenvalue weighted by Gasteiger charge is 2.26. The summed E-state index contributed by atoms with van der Waals surface area (Å²) in [5, 5.41) is 6.49. The lowest BCUT2D eigenvalue weighted by Crippen LogP contribution is -2.36. The van der Waals surface area contributed by atoms with Gasteiger partial charge < -0.3 is 20.3 Å². The van der Waals surface area contributed by atoms with Gasteiger partial charge in [-0.05, 0) is 36.8 Å². The van der Waals surface area contributed by atoms with E-state index in [1.165, 1.54) is 18.3 Å². The second-order valence-electron chi connectivity index (χ2n) is 6.40. The van der Waals surface area contributed by atoms with Gasteiger partial charge in [0.25, 0.3) is 5.91 Å². The standard InChI is InChI=1S/C19H22ClN3O3S/c1-12(24)21-10-15-4-6-18(27-15)19(25)22-14-7-8-23(11-14)16-9-13(20)3-5-17(16)26-2/h3-6,9,14H,7-8,10-11H2,1-2H3,(H,21,24)(H,22,25). The highest BCUT2D eigenvalue weighted by molar-refractivity contribution is 7.14. The van der Waals surface area contributed by atoms with E-state index in [2.05, 4.69) is 15.5 Å². The first-order valence-electron chi connectivity index (χ1n) is 8.68. The monoisotopic (exact) mass is 407 g/mol. The van der Waals surface area contributed by atoms with E-state index < -0.39 is 0 Å². The molecule has 0 bridgehead atoms. The molecule has 1 fully saturated rings. The minimum atomic E-state index is -0.0862. The van der Waals surface area contributed by atoms with Crippen LogP contribution in [0.25, 0.3) is 0 Å². The molecular weight excluding hydrogens is 386 g/mol. The summed E-state index contributed by atoms with van der Waals surface area (Å²) in [4.78, 5) is 27.3. The zero-order valence-corrected chi connectivity index (χ0v) is 16.8. The SMILES string of the molecule is COc1ccc(Cl)cc1N1CCC(NC(=O)c2ccc(CNC(C)=O)s2)C1. The summed E-state index contributed by atoms with van der Waals surface area (Å²) in [6.45, 7) is 3.44. The van der Waals surface area contributed by atoms with Crippen molar-refractivity contribution in [3.8, 4) is 5.75 Å². The third-order valence-corrected chi connectivity index (χ3v) is 5.72. The zero-order chi connectivity index (χ0) is 19.4. The molecule has 1 unspecified atom stereocenters. The number of carbonyl (C=O) groups excluding carboxylic acids is 2. The lowest BCUT2D eigenvalue weighted by atomic mass is 10.2. The van der Waals surface area contributed by atoms with Crippen molar-refractivity contribution in [2.45, 2.75) is 25.9 Å². The molecule has 1 atom stereocenters. The Morgan fingerprint density at radius 3 is 2.89 bits per heavy atom. The van der Waals surface area contributed by atoms with Gasteiger partial charge in [0.1, 0.15) is 5.75 Å². The molecule has 27 heavy (non-hydrogen) atoms. The van der Waals surface area contributed by atoms with Gasteiger partial charge in [0.2, 0.25) is 5.91 Å². The van der Waals surface area contributed by atoms with Crippen LogP contribution >= 0.6 is 22.9 Å². The Morgan fingerprint density at radius 2 is 2.15 bits per heavy atom. The van der Waals surface area contributed by atoms with Crippen LogP contribution in [0.3, 0.4) is 0 Å². The van der Waals surface area contributed by atoms with Crippen molar-refractivity contribution in [3.05, 3.63) is 45.1 Å². The molecule has 2 heterocycles. The number of amides is 2. The molecule has 1 aliphatic rings. The Hall–Kier alpha value is -2.25. The predicted octanol–water partition coefficient (Wildman–Crippen LogP) is 3.05. The number of anilines is 1. The smallest absolute Gasteiger partial charge is 0.261 e. The predicted molar refractivity (Wildman–Crippen MR) is 108 cm³/mol. The summed E-state index contributed by atoms with van der Waals surface area (Å²) in [5.41, 5.74) is 0.940. The maximum absolute atomic E-state index is 12.5. The van der Waals surface area contributed by atoms with Crippen LogP contribution in [0, 0.1) is 0 Å². The van der Waals surface area contributed by atoms with Crippen molar-refractivity contribution >= 4 is 40.4 Å². The topological polar surface area (TPSA) is 70.7 Å². The first kappa shape index (κ1) is 19.5. The number of halogens is 1. The van der Waals surface area contributed by atoms with Gasteiger partial charge in [-0.2, -0.15) is 0 Å². The normalized spacial score (nSPS) is 16.3. The molecule has 1 saturated heterocycles. The minimum absolute atomic E-state index is 0.0575. The average molecular weight is 408 g/mol. The molecule has 8 heteroatoms. The number of ether oxygens (including phenoxy) is 1. The Kier molecular flexibility index (Phi) is 6.23. The number of nitrogens with zero attached hydrogens (tertiary/aromatic N) is 1. The van der Waals surface area contributed by atoms with Crippen molar-refractivity contribution in [2.24, 2.45) is 0 Å². The number of hydrogen-bond donors (Lipinski definition) is 2. The van der Waals surface area contributed by atoms with Crippen molar-refractivity contribution < 1.29 is 14.3 Å². The molecule has 0 saturated carbocycles. The fourth-order valence-corrected chi connectivity index (χ4v) is 4.09. The first-order valence-corrected chi connectivity index (χ1v) is 9.88. The van der Waals surface area contributed by atoms with Gasteiger partial charge >= 0.3 is 0 Å². The van der Waals surface area contributed by atoms with Crippen LogP contribution in [-0.2, 0) is 11.3 Å². The van der Waals surface area contributed by atoms with E-state index in [-0.39, 0.29) is 17.9 Å². The summed E-state index contributed by atoms with van der Waals surface area (Å²) < 4.78 is 5.43. The number of carbonyl (C=O) groups is 2. The highest BCUT2D eigenvalue weighted by Crippen LogP contribution is 2.33. The molecule has 2 aromatic rings. The Balaban J connectivity index is 1.59. The van der Waals surface area contributed by atoms with Gasteiger partial charge in [-0.15, -0.1) is 11.3 Å². The van der Waals surface area contributed by atoms with Crippen molar-refractivity contribution in [1.82, 2.24) is 10.6 Å². The molecule has 0 radical (unpaired) electrons. The van der Waals surface area contributed by atoms with Gasteiger partial charge in [0.15, 0.2) is 0 Å². The number of rotatable bonds is 6. The lowest BCUT2D eigenvalue weighted by molar-refractivity contribution is -0.119. The fraction of sp³-hybridized carbons (Fsp3) is 0.368. The quantitative estimate of drug-likeness (QED) is 0.772. The van der Waals surface area contributed by atoms with Crippen LogP contribution in [0.1, 0.15) is 27.9 Å². The van der Waals surface area contributed by atoms with E-state index in [0.717, 1.165) is 29.3 Å². The summed E-state index contributed by atoms with van der Waals surface area (Å²) >= 11 is 7.52. The van der Waals surface area contributed by atoms with Crippen LogP contribution in [-0.4, -0.2) is 38.1 Å². The van der Waals surface area contributed by atoms with E-state index in [4.69, 9.17) is 16.3 Å². The Labute approximate surface area is 167 Å². The van der Waals surface area contributed by atoms with Gasteiger partial charge in [-0.3, -0.25) is 9.59 Å². The summed E-state index contributed by atoms with van der Waals surface area (Å²) in [6, 6.07) is 9.26. The van der Waals surface area contributed by atoms with Gasteiger partial charge in [-0.1, -0.05) is 11.6 Å². The summed E-state index contributed by atoms with van der Waals surface area (Å²) in [5.74, 6) is 0.600. The van der Waals surface area contributed by atoms with E-state index in [1.807, 2.05) is 18.2 Å². The van der Waals surface area contributed by atoms with E-state index in [1.54, 1.807) is 19.2 Å². The molecule has 2 N–H and O–H groups in total. The zero-order valence-electron chi connectivity index (χ0n) is 15.3. The second-order valence-corrected chi connectivity index (χ2v) is 8.00. The lowest BCUT2D eigenvalue weighted by Gasteiger charge is -2.21. The van der Waals surface area contributed by atoms with Crippen molar-refractivity contribution in [2.75, 3.05) is 25.1 Å². The Morgan fingerprint density at radius 1 is 1.33 bits per heavy atom. The fourth-order valence-electron chi connectivity index (χ4n) is 3.07. The summed E-state index contributed by atoms with van der Waals surface area (Å²) in [7, 11) is 1.64. The molecular formula is C19H22ClN3O3S. The second kappa shape index (κ2) is 8.63. The van der Waals surface area contributed by atoms with Crippen molar-refractivity contribution in [1.29, 1.82) is 0 Å². The molecule has 1 aliphatic heterocycles. The average Bonchev–Trinajstić information content (AvgIpc) is 3.29. The molecule has 0 spiro atoms. The number of hydrogen-bond acceptors (Lipinski definition) is 5. The van der Waals surface area contributed by atoms with Gasteiger partial charge in [-0.25, -0.2) is 0 Å². The minimum Gasteiger partial charge on any atom is -0.495 e. The molecule has 3 rings (SSSR count). The van der Waals surface area contributed by atoms with Crippen LogP contribution in [0.2, 0.25) is 5.02 Å². The Bertz CT molecular complexity index is 839. The summed E-state index contributed by atoms with van der Waals surface area (Å²) in [6.07, 6.45) is 0.853. The molecule has 1 aromatic carbocycles. The van der Waals surface area contributed by atoms with E-state index >= 15 is 0 Å².